The van der Waals surface area contributed by atoms with E-state index in [0.29, 0.717) is 19.6 Å². The van der Waals surface area contributed by atoms with Crippen LogP contribution in [-0.2, 0) is 14.3 Å². The Morgan fingerprint density at radius 1 is 0.585 bits per heavy atom. The smallest absolute Gasteiger partial charge is 0.306 e. The second-order valence-electron chi connectivity index (χ2n) is 11.9. The number of carbonyl (C=O) groups excluding carboxylic acids is 1. The Balaban J connectivity index is 3.43. The van der Waals surface area contributed by atoms with E-state index in [2.05, 4.69) is 38.2 Å². The molecule has 0 saturated carbocycles. The zero-order valence-corrected chi connectivity index (χ0v) is 27.6. The Bertz CT molecular complexity index is 571. The fourth-order valence-corrected chi connectivity index (χ4v) is 5.06. The zero-order chi connectivity index (χ0) is 29.9. The van der Waals surface area contributed by atoms with Crippen molar-refractivity contribution in [1.82, 2.24) is 0 Å². The number of allylic oxidation sites excluding steroid dienone is 4. The van der Waals surface area contributed by atoms with Crippen LogP contribution in [0.1, 0.15) is 181 Å². The van der Waals surface area contributed by atoms with Crippen LogP contribution in [0.3, 0.4) is 0 Å². The molecule has 0 fully saturated rings. The zero-order valence-electron chi connectivity index (χ0n) is 27.6. The fourth-order valence-electron chi connectivity index (χ4n) is 5.06. The van der Waals surface area contributed by atoms with Gasteiger partial charge in [0.1, 0.15) is 6.10 Å². The van der Waals surface area contributed by atoms with E-state index in [1.807, 2.05) is 0 Å². The Kier molecular flexibility index (Phi) is 34.1. The van der Waals surface area contributed by atoms with Gasteiger partial charge < -0.3 is 14.6 Å². The maximum absolute atomic E-state index is 12.1. The van der Waals surface area contributed by atoms with Gasteiger partial charge in [0.15, 0.2) is 0 Å². The molecular weight excluding hydrogens is 508 g/mol. The largest absolute Gasteiger partial charge is 0.457 e. The van der Waals surface area contributed by atoms with Crippen LogP contribution in [0.4, 0.5) is 0 Å². The van der Waals surface area contributed by atoms with Crippen LogP contribution in [0.25, 0.3) is 0 Å². The SMILES string of the molecule is CCCCC/C=C\C/C=C\CCCCCCCCCCOCC(CO)OC(=O)CCCCCCCCCCCCC. The molecule has 0 aromatic rings. The molecule has 0 rings (SSSR count). The third kappa shape index (κ3) is 33.2. The van der Waals surface area contributed by atoms with E-state index in [-0.39, 0.29) is 12.6 Å². The molecule has 0 heterocycles. The number of aliphatic hydroxyl groups excluding tert-OH is 1. The lowest BCUT2D eigenvalue weighted by Crippen LogP contribution is -2.27. The molecule has 0 aromatic heterocycles. The van der Waals surface area contributed by atoms with Gasteiger partial charge in [0.2, 0.25) is 0 Å². The number of ether oxygens (including phenoxy) is 2. The van der Waals surface area contributed by atoms with Gasteiger partial charge in [0, 0.05) is 13.0 Å². The summed E-state index contributed by atoms with van der Waals surface area (Å²) in [5.74, 6) is -0.204. The number of aliphatic hydroxyl groups is 1. The van der Waals surface area contributed by atoms with Gasteiger partial charge >= 0.3 is 5.97 Å². The normalized spacial score (nSPS) is 12.6. The predicted octanol–water partition coefficient (Wildman–Crippen LogP) is 11.2. The number of hydrogen-bond acceptors (Lipinski definition) is 4. The molecule has 1 N–H and O–H groups in total. The molecule has 1 atom stereocenters. The average Bonchev–Trinajstić information content (AvgIpc) is 2.98. The lowest BCUT2D eigenvalue weighted by atomic mass is 10.1. The van der Waals surface area contributed by atoms with Gasteiger partial charge in [-0.15, -0.1) is 0 Å². The summed E-state index contributed by atoms with van der Waals surface area (Å²) in [6.45, 7) is 5.31. The van der Waals surface area contributed by atoms with E-state index >= 15 is 0 Å². The molecule has 4 nitrogen and oxygen atoms in total. The van der Waals surface area contributed by atoms with Crippen LogP contribution in [0.2, 0.25) is 0 Å². The molecule has 0 bridgehead atoms. The first-order valence-corrected chi connectivity index (χ1v) is 17.9. The second kappa shape index (κ2) is 35.1. The summed E-state index contributed by atoms with van der Waals surface area (Å²) in [6.07, 6.45) is 40.7. The Morgan fingerprint density at radius 3 is 1.56 bits per heavy atom. The van der Waals surface area contributed by atoms with Crippen molar-refractivity contribution in [3.8, 4) is 0 Å². The highest BCUT2D eigenvalue weighted by Gasteiger charge is 2.13. The first-order chi connectivity index (χ1) is 20.2. The van der Waals surface area contributed by atoms with E-state index in [9.17, 15) is 9.90 Å². The van der Waals surface area contributed by atoms with Crippen molar-refractivity contribution >= 4 is 5.97 Å². The van der Waals surface area contributed by atoms with Crippen molar-refractivity contribution in [3.63, 3.8) is 0 Å². The minimum absolute atomic E-state index is 0.171. The van der Waals surface area contributed by atoms with Crippen molar-refractivity contribution in [1.29, 1.82) is 0 Å². The van der Waals surface area contributed by atoms with Gasteiger partial charge in [-0.3, -0.25) is 4.79 Å². The van der Waals surface area contributed by atoms with Gasteiger partial charge in [-0.25, -0.2) is 0 Å². The number of hydrogen-bond donors (Lipinski definition) is 1. The van der Waals surface area contributed by atoms with E-state index in [1.165, 1.54) is 135 Å². The maximum atomic E-state index is 12.1. The van der Waals surface area contributed by atoms with Crippen LogP contribution in [-0.4, -0.2) is 37.0 Å². The standard InChI is InChI=1S/C37H70O4/c1-3-5-7-9-11-13-15-16-17-18-19-20-21-23-25-27-29-31-33-40-35-36(34-38)41-37(39)32-30-28-26-24-22-14-12-10-8-6-4-2/h11,13,16-17,36,38H,3-10,12,14-15,18-35H2,1-2H3/b13-11-,17-16-. The van der Waals surface area contributed by atoms with E-state index < -0.39 is 6.10 Å². The van der Waals surface area contributed by atoms with Crippen molar-refractivity contribution < 1.29 is 19.4 Å². The molecule has 0 aliphatic carbocycles. The van der Waals surface area contributed by atoms with Crippen LogP contribution in [0.5, 0.6) is 0 Å². The molecule has 0 aliphatic rings. The lowest BCUT2D eigenvalue weighted by Gasteiger charge is -2.16. The second-order valence-corrected chi connectivity index (χ2v) is 11.9. The number of carbonyl (C=O) groups is 1. The number of rotatable bonds is 33. The van der Waals surface area contributed by atoms with Gasteiger partial charge in [-0.2, -0.15) is 0 Å². The molecule has 0 saturated heterocycles. The summed E-state index contributed by atoms with van der Waals surface area (Å²) in [4.78, 5) is 12.1. The highest BCUT2D eigenvalue weighted by molar-refractivity contribution is 5.69. The molecule has 242 valence electrons. The maximum Gasteiger partial charge on any atom is 0.306 e. The third-order valence-electron chi connectivity index (χ3n) is 7.78. The number of unbranched alkanes of at least 4 members (excludes halogenated alkanes) is 21. The lowest BCUT2D eigenvalue weighted by molar-refractivity contribution is -0.154. The highest BCUT2D eigenvalue weighted by atomic mass is 16.6. The average molecular weight is 579 g/mol. The van der Waals surface area contributed by atoms with Crippen LogP contribution in [0.15, 0.2) is 24.3 Å². The van der Waals surface area contributed by atoms with Gasteiger partial charge in [0.25, 0.3) is 0 Å². The summed E-state index contributed by atoms with van der Waals surface area (Å²) < 4.78 is 11.1. The van der Waals surface area contributed by atoms with E-state index in [0.717, 1.165) is 25.7 Å². The van der Waals surface area contributed by atoms with Crippen molar-refractivity contribution in [2.24, 2.45) is 0 Å². The minimum Gasteiger partial charge on any atom is -0.457 e. The summed E-state index contributed by atoms with van der Waals surface area (Å²) in [6, 6.07) is 0. The first-order valence-electron chi connectivity index (χ1n) is 17.9. The van der Waals surface area contributed by atoms with E-state index in [1.54, 1.807) is 0 Å². The van der Waals surface area contributed by atoms with Crippen LogP contribution < -0.4 is 0 Å². The molecule has 0 spiro atoms. The molecule has 4 heteroatoms. The Hall–Kier alpha value is -1.13. The molecule has 0 aliphatic heterocycles. The summed E-state index contributed by atoms with van der Waals surface area (Å²) in [5, 5.41) is 9.53. The van der Waals surface area contributed by atoms with Crippen molar-refractivity contribution in [2.45, 2.75) is 187 Å². The Labute approximate surface area is 256 Å². The summed E-state index contributed by atoms with van der Waals surface area (Å²) in [7, 11) is 0. The number of esters is 1. The van der Waals surface area contributed by atoms with E-state index in [4.69, 9.17) is 9.47 Å². The summed E-state index contributed by atoms with van der Waals surface area (Å²) in [5.41, 5.74) is 0. The monoisotopic (exact) mass is 579 g/mol. The molecule has 0 aromatic carbocycles. The predicted molar refractivity (Wildman–Crippen MR) is 177 cm³/mol. The van der Waals surface area contributed by atoms with Crippen molar-refractivity contribution in [2.75, 3.05) is 19.8 Å². The van der Waals surface area contributed by atoms with Crippen LogP contribution in [0, 0.1) is 0 Å². The molecule has 0 amide bonds. The molecular formula is C37H70O4. The minimum atomic E-state index is -0.530. The topological polar surface area (TPSA) is 55.8 Å². The quantitative estimate of drug-likeness (QED) is 0.0478. The van der Waals surface area contributed by atoms with Crippen molar-refractivity contribution in [3.05, 3.63) is 24.3 Å². The molecule has 41 heavy (non-hydrogen) atoms. The van der Waals surface area contributed by atoms with Gasteiger partial charge in [0.05, 0.1) is 13.2 Å². The first kappa shape index (κ1) is 39.9. The van der Waals surface area contributed by atoms with Gasteiger partial charge in [-0.05, 0) is 44.9 Å². The molecule has 1 unspecified atom stereocenters. The van der Waals surface area contributed by atoms with Crippen LogP contribution >= 0.6 is 0 Å². The highest BCUT2D eigenvalue weighted by Crippen LogP contribution is 2.13. The third-order valence-corrected chi connectivity index (χ3v) is 7.78. The van der Waals surface area contributed by atoms with Gasteiger partial charge in [-0.1, -0.05) is 154 Å². The fraction of sp³-hybridized carbons (Fsp3) is 0.865. The molecule has 0 radical (unpaired) electrons. The summed E-state index contributed by atoms with van der Waals surface area (Å²) >= 11 is 0. The Morgan fingerprint density at radius 2 is 1.02 bits per heavy atom.